The molecule has 0 radical (unpaired) electrons. The zero-order valence-corrected chi connectivity index (χ0v) is 31.8. The average Bonchev–Trinajstić information content (AvgIpc) is 3.63. The maximum atomic E-state index is 13.7. The third-order valence-corrected chi connectivity index (χ3v) is 12.2. The molecule has 1 aromatic carbocycles. The largest absolute Gasteiger partial charge is 0.489 e. The van der Waals surface area contributed by atoms with E-state index in [0.29, 0.717) is 40.5 Å². The van der Waals surface area contributed by atoms with Gasteiger partial charge in [0.05, 0.1) is 29.4 Å². The Labute approximate surface area is 307 Å². The van der Waals surface area contributed by atoms with Crippen molar-refractivity contribution in [2.75, 3.05) is 26.2 Å². The maximum Gasteiger partial charge on any atom is 0.410 e. The first kappa shape index (κ1) is 35.6. The molecule has 2 aliphatic carbocycles. The maximum absolute atomic E-state index is 13.7. The van der Waals surface area contributed by atoms with Crippen LogP contribution in [-0.4, -0.2) is 81.7 Å². The summed E-state index contributed by atoms with van der Waals surface area (Å²) < 4.78 is 12.0. The Bertz CT molecular complexity index is 1820. The molecule has 9 nitrogen and oxygen atoms in total. The Morgan fingerprint density at radius 3 is 2.39 bits per heavy atom. The van der Waals surface area contributed by atoms with Crippen molar-refractivity contribution in [1.82, 2.24) is 19.7 Å². The van der Waals surface area contributed by atoms with Gasteiger partial charge >= 0.3 is 6.09 Å². The third-order valence-electron chi connectivity index (χ3n) is 11.9. The quantitative estimate of drug-likeness (QED) is 0.237. The molecule has 270 valence electrons. The van der Waals surface area contributed by atoms with Gasteiger partial charge in [-0.3, -0.25) is 9.69 Å². The van der Waals surface area contributed by atoms with Crippen molar-refractivity contribution in [1.29, 1.82) is 0 Å². The lowest BCUT2D eigenvalue weighted by atomic mass is 9.49. The minimum absolute atomic E-state index is 0.00697. The number of halogens is 1. The van der Waals surface area contributed by atoms with Crippen LogP contribution >= 0.6 is 11.6 Å². The summed E-state index contributed by atoms with van der Waals surface area (Å²) in [5.41, 5.74) is 1.67. The van der Waals surface area contributed by atoms with Crippen LogP contribution < -0.4 is 4.74 Å². The van der Waals surface area contributed by atoms with E-state index in [2.05, 4.69) is 49.3 Å². The number of rotatable bonds is 4. The Kier molecular flexibility index (Phi) is 8.87. The van der Waals surface area contributed by atoms with Crippen LogP contribution in [0.15, 0.2) is 30.3 Å². The lowest BCUT2D eigenvalue weighted by molar-refractivity contribution is -0.199. The van der Waals surface area contributed by atoms with Gasteiger partial charge in [0.2, 0.25) is 5.69 Å². The molecule has 0 unspecified atom stereocenters. The van der Waals surface area contributed by atoms with Gasteiger partial charge in [-0.05, 0) is 89.6 Å². The van der Waals surface area contributed by atoms with Crippen molar-refractivity contribution in [2.45, 2.75) is 111 Å². The Hall–Kier alpha value is -3.79. The van der Waals surface area contributed by atoms with E-state index in [1.54, 1.807) is 18.2 Å². The lowest BCUT2D eigenvalue weighted by Crippen LogP contribution is -2.74. The predicted octanol–water partition coefficient (Wildman–Crippen LogP) is 7.98. The summed E-state index contributed by atoms with van der Waals surface area (Å²) in [4.78, 5) is 41.0. The standard InChI is InChI=1S/C41H50ClN5O4/c1-38(2,3)51-37(49)46-24-41(25-46)19-20-45(23-41)28-14-10-26(11-15-28)9-12-27-13-17-30-33(44-27)22-47(34(30)48)35-39(4,5)36(40(35,6)7)50-29-16-18-32(43-8)31(42)21-29/h13,16-18,21,26,28,35-36H,10-11,14-15,19-20,22-25H2,1-7H3. The number of pyridine rings is 1. The first-order chi connectivity index (χ1) is 24.0. The first-order valence-corrected chi connectivity index (χ1v) is 18.8. The normalized spacial score (nSPS) is 27.5. The number of benzene rings is 1. The molecule has 3 aliphatic heterocycles. The predicted molar refractivity (Wildman–Crippen MR) is 197 cm³/mol. The molecule has 2 saturated heterocycles. The van der Waals surface area contributed by atoms with Crippen molar-refractivity contribution in [3.8, 4) is 17.6 Å². The number of fused-ring (bicyclic) bond motifs is 1. The molecule has 2 amide bonds. The Morgan fingerprint density at radius 1 is 1.04 bits per heavy atom. The van der Waals surface area contributed by atoms with Crippen molar-refractivity contribution >= 4 is 29.3 Å². The molecular weight excluding hydrogens is 662 g/mol. The molecule has 0 N–H and O–H groups in total. The van der Waals surface area contributed by atoms with E-state index in [0.717, 1.165) is 69.7 Å². The van der Waals surface area contributed by atoms with Crippen LogP contribution in [-0.2, 0) is 11.3 Å². The molecule has 4 fully saturated rings. The molecule has 0 atom stereocenters. The Balaban J connectivity index is 0.924. The summed E-state index contributed by atoms with van der Waals surface area (Å²) in [5.74, 6) is 7.85. The van der Waals surface area contributed by atoms with Crippen LogP contribution in [0.5, 0.6) is 5.75 Å². The molecule has 4 heterocycles. The fraction of sp³-hybridized carbons (Fsp3) is 0.610. The van der Waals surface area contributed by atoms with Gasteiger partial charge in [-0.15, -0.1) is 0 Å². The number of ether oxygens (including phenoxy) is 2. The van der Waals surface area contributed by atoms with E-state index in [1.165, 1.54) is 0 Å². The summed E-state index contributed by atoms with van der Waals surface area (Å²) in [5, 5.41) is 0.372. The zero-order valence-electron chi connectivity index (χ0n) is 31.0. The fourth-order valence-corrected chi connectivity index (χ4v) is 10.2. The Morgan fingerprint density at radius 2 is 1.75 bits per heavy atom. The van der Waals surface area contributed by atoms with Crippen LogP contribution in [0, 0.1) is 40.6 Å². The summed E-state index contributed by atoms with van der Waals surface area (Å²) in [6.45, 7) is 25.8. The summed E-state index contributed by atoms with van der Waals surface area (Å²) in [6.07, 6.45) is 5.24. The summed E-state index contributed by atoms with van der Waals surface area (Å²) >= 11 is 6.29. The van der Waals surface area contributed by atoms with E-state index in [9.17, 15) is 9.59 Å². The highest BCUT2D eigenvalue weighted by molar-refractivity contribution is 6.33. The second-order valence-electron chi connectivity index (χ2n) is 17.7. The molecule has 10 heteroatoms. The van der Waals surface area contributed by atoms with Crippen molar-refractivity contribution in [3.63, 3.8) is 0 Å². The van der Waals surface area contributed by atoms with Crippen LogP contribution in [0.2, 0.25) is 5.02 Å². The third kappa shape index (κ3) is 6.57. The SMILES string of the molecule is [C-]#[N+]c1ccc(OC2C(C)(C)C(N3Cc4nc(C#CC5CCC(N6CCC7(CN(C(=O)OC(C)(C)C)C7)C6)CC5)ccc4C3=O)C2(C)C)cc1Cl. The molecular formula is C41H50ClN5O4. The van der Waals surface area contributed by atoms with Gasteiger partial charge in [-0.2, -0.15) is 0 Å². The van der Waals surface area contributed by atoms with Gasteiger partial charge < -0.3 is 19.3 Å². The van der Waals surface area contributed by atoms with Gasteiger partial charge in [-0.1, -0.05) is 51.3 Å². The zero-order chi connectivity index (χ0) is 36.5. The molecule has 2 aromatic rings. The second kappa shape index (κ2) is 12.7. The highest BCUT2D eigenvalue weighted by atomic mass is 35.5. The van der Waals surface area contributed by atoms with Gasteiger partial charge in [0, 0.05) is 53.9 Å². The van der Waals surface area contributed by atoms with E-state index in [-0.39, 0.29) is 40.4 Å². The average molecular weight is 712 g/mol. The van der Waals surface area contributed by atoms with E-state index in [1.807, 2.05) is 42.7 Å². The van der Waals surface area contributed by atoms with Gasteiger partial charge in [0.1, 0.15) is 23.1 Å². The summed E-state index contributed by atoms with van der Waals surface area (Å²) in [7, 11) is 0. The summed E-state index contributed by atoms with van der Waals surface area (Å²) in [6, 6.07) is 9.48. The molecule has 1 aromatic heterocycles. The topological polar surface area (TPSA) is 79.6 Å². The first-order valence-electron chi connectivity index (χ1n) is 18.4. The molecule has 51 heavy (non-hydrogen) atoms. The van der Waals surface area contributed by atoms with Gasteiger partial charge in [0.15, 0.2) is 0 Å². The minimum atomic E-state index is -0.460. The number of hydrogen-bond donors (Lipinski definition) is 0. The monoisotopic (exact) mass is 711 g/mol. The highest BCUT2D eigenvalue weighted by Gasteiger charge is 2.67. The number of amides is 2. The van der Waals surface area contributed by atoms with Crippen LogP contribution in [0.25, 0.3) is 4.85 Å². The molecule has 2 saturated carbocycles. The number of carbonyl (C=O) groups is 2. The van der Waals surface area contributed by atoms with Crippen molar-refractivity contribution in [2.24, 2.45) is 22.2 Å². The van der Waals surface area contributed by atoms with Crippen LogP contribution in [0.1, 0.15) is 102 Å². The van der Waals surface area contributed by atoms with E-state index < -0.39 is 5.60 Å². The number of carbonyl (C=O) groups excluding carboxylic acids is 2. The van der Waals surface area contributed by atoms with Gasteiger partial charge in [0.25, 0.3) is 5.91 Å². The number of aromatic nitrogens is 1. The fourth-order valence-electron chi connectivity index (χ4n) is 10.0. The molecule has 0 bridgehead atoms. The second-order valence-corrected chi connectivity index (χ2v) is 18.1. The van der Waals surface area contributed by atoms with Crippen LogP contribution in [0.3, 0.4) is 0 Å². The highest BCUT2D eigenvalue weighted by Crippen LogP contribution is 2.59. The van der Waals surface area contributed by atoms with E-state index in [4.69, 9.17) is 32.6 Å². The lowest BCUT2D eigenvalue weighted by Gasteiger charge is -2.65. The number of hydrogen-bond acceptors (Lipinski definition) is 6. The molecule has 7 rings (SSSR count). The molecule has 1 spiro atoms. The number of likely N-dealkylation sites (tertiary alicyclic amines) is 2. The molecule has 5 aliphatic rings. The minimum Gasteiger partial charge on any atom is -0.489 e. The van der Waals surface area contributed by atoms with Crippen LogP contribution in [0.4, 0.5) is 10.5 Å². The van der Waals surface area contributed by atoms with Crippen molar-refractivity contribution < 1.29 is 19.1 Å². The number of nitrogens with zero attached hydrogens (tertiary/aromatic N) is 5. The van der Waals surface area contributed by atoms with Crippen molar-refractivity contribution in [3.05, 3.63) is 63.7 Å². The smallest absolute Gasteiger partial charge is 0.410 e. The van der Waals surface area contributed by atoms with E-state index >= 15 is 0 Å². The van der Waals surface area contributed by atoms with Gasteiger partial charge in [-0.25, -0.2) is 14.6 Å².